The molecule has 0 atom stereocenters. The first-order valence-corrected chi connectivity index (χ1v) is 14.1. The van der Waals surface area contributed by atoms with Gasteiger partial charge >= 0.3 is 18.9 Å². The molecule has 0 fully saturated rings. The fourth-order valence-corrected chi connectivity index (χ4v) is 5.34. The summed E-state index contributed by atoms with van der Waals surface area (Å²) < 4.78 is 0. The molecule has 0 aliphatic heterocycles. The Morgan fingerprint density at radius 2 is 1.42 bits per heavy atom. The van der Waals surface area contributed by atoms with E-state index in [0.717, 1.165) is 0 Å². The SMILES string of the molecule is C[Si](C)(C)[N-]N[SiH2][Si](C)(C)C.[Li+]. The summed E-state index contributed by atoms with van der Waals surface area (Å²) in [5.41, 5.74) is 0. The van der Waals surface area contributed by atoms with Gasteiger partial charge in [-0.05, 0) is 0 Å². The van der Waals surface area contributed by atoms with Gasteiger partial charge in [0.2, 0.25) is 0 Å². The minimum absolute atomic E-state index is 0. The van der Waals surface area contributed by atoms with Gasteiger partial charge in [-0.15, -0.1) is 0 Å². The van der Waals surface area contributed by atoms with Crippen LogP contribution in [0.3, 0.4) is 0 Å². The Hall–Kier alpha value is 1.17. The molecule has 0 aromatic heterocycles. The van der Waals surface area contributed by atoms with Crippen LogP contribution in [0.15, 0.2) is 0 Å². The summed E-state index contributed by atoms with van der Waals surface area (Å²) in [4.78, 5) is 0. The van der Waals surface area contributed by atoms with Gasteiger partial charge in [0.25, 0.3) is 0 Å². The molecule has 12 heavy (non-hydrogen) atoms. The second-order valence-corrected chi connectivity index (χ2v) is 23.0. The van der Waals surface area contributed by atoms with E-state index >= 15 is 0 Å². The van der Waals surface area contributed by atoms with Crippen molar-refractivity contribution in [3.63, 3.8) is 0 Å². The Kier molecular flexibility index (Phi) is 7.56. The number of hydrogen-bond donors (Lipinski definition) is 1. The van der Waals surface area contributed by atoms with Crippen LogP contribution in [0.25, 0.3) is 5.09 Å². The predicted octanol–water partition coefficient (Wildman–Crippen LogP) is -1.38. The maximum absolute atomic E-state index is 4.53. The van der Waals surface area contributed by atoms with E-state index in [1.165, 1.54) is 0 Å². The summed E-state index contributed by atoms with van der Waals surface area (Å²) in [6, 6.07) is 0. The number of nitrogens with one attached hydrogen (secondary N) is 1. The van der Waals surface area contributed by atoms with Gasteiger partial charge in [-0.1, -0.05) is 47.5 Å². The standard InChI is InChI=1S/C6H21N2Si3.Li/c1-10(2,3)8-7-9-11(4,5)6;/h7H,9H2,1-6H3;/q-1;+1. The van der Waals surface area contributed by atoms with Crippen LogP contribution in [0.4, 0.5) is 0 Å². The van der Waals surface area contributed by atoms with Gasteiger partial charge in [0, 0.05) is 7.59 Å². The van der Waals surface area contributed by atoms with Crippen LogP contribution in [0, 0.1) is 0 Å². The fourth-order valence-electron chi connectivity index (χ4n) is 0.514. The van der Waals surface area contributed by atoms with Crippen molar-refractivity contribution in [2.24, 2.45) is 0 Å². The van der Waals surface area contributed by atoms with Gasteiger partial charge in [-0.3, -0.25) is 0 Å². The minimum atomic E-state index is -1.19. The molecule has 6 heteroatoms. The van der Waals surface area contributed by atoms with Crippen molar-refractivity contribution >= 4 is 25.0 Å². The monoisotopic (exact) mass is 212 g/mol. The first-order valence-electron chi connectivity index (χ1n) is 4.15. The predicted molar refractivity (Wildman–Crippen MR) is 61.7 cm³/mol. The number of hydrogen-bond acceptors (Lipinski definition) is 1. The summed E-state index contributed by atoms with van der Waals surface area (Å²) >= 11 is 0. The molecule has 68 valence electrons. The third-order valence-corrected chi connectivity index (χ3v) is 7.20. The average Bonchev–Trinajstić information content (AvgIpc) is 1.55. The molecule has 0 unspecified atom stereocenters. The Morgan fingerprint density at radius 1 is 1.00 bits per heavy atom. The van der Waals surface area contributed by atoms with Crippen LogP contribution in [-0.2, 0) is 0 Å². The van der Waals surface area contributed by atoms with Gasteiger partial charge < -0.3 is 10.2 Å². The Morgan fingerprint density at radius 3 is 1.67 bits per heavy atom. The van der Waals surface area contributed by atoms with E-state index in [1.807, 2.05) is 0 Å². The molecule has 2 nitrogen and oxygen atoms in total. The van der Waals surface area contributed by atoms with Crippen molar-refractivity contribution in [1.29, 1.82) is 0 Å². The summed E-state index contributed by atoms with van der Waals surface area (Å²) in [5.74, 6) is 0. The molecule has 0 aliphatic rings. The molecule has 0 aromatic carbocycles. The van der Waals surface area contributed by atoms with Crippen molar-refractivity contribution in [2.75, 3.05) is 0 Å². The van der Waals surface area contributed by atoms with E-state index in [9.17, 15) is 0 Å². The third-order valence-electron chi connectivity index (χ3n) is 1.02. The maximum atomic E-state index is 4.53. The minimum Gasteiger partial charge on any atom is -0.608 e. The summed E-state index contributed by atoms with van der Waals surface area (Å²) in [6.45, 7) is 14.0. The Bertz CT molecular complexity index is 105. The van der Waals surface area contributed by atoms with Crippen LogP contribution in [-0.4, -0.2) is 25.0 Å². The van der Waals surface area contributed by atoms with Crippen molar-refractivity contribution in [3.8, 4) is 0 Å². The number of rotatable bonds is 4. The molecule has 0 rings (SSSR count). The molecule has 0 bridgehead atoms. The van der Waals surface area contributed by atoms with Crippen molar-refractivity contribution in [3.05, 3.63) is 5.09 Å². The molecule has 0 amide bonds. The second kappa shape index (κ2) is 5.81. The molecular weight excluding hydrogens is 191 g/mol. The fraction of sp³-hybridized carbons (Fsp3) is 1.00. The Labute approximate surface area is 93.2 Å². The maximum Gasteiger partial charge on any atom is 1.00 e. The molecule has 0 aromatic rings. The zero-order chi connectivity index (χ0) is 9.12. The summed E-state index contributed by atoms with van der Waals surface area (Å²) in [7, 11) is -2.06. The number of nitrogens with zero attached hydrogens (tertiary/aromatic N) is 1. The molecular formula is C6H21LiN2Si3. The van der Waals surface area contributed by atoms with Gasteiger partial charge in [-0.2, -0.15) is 0 Å². The van der Waals surface area contributed by atoms with Crippen LogP contribution in [0.2, 0.25) is 39.3 Å². The van der Waals surface area contributed by atoms with Crippen LogP contribution in [0.1, 0.15) is 0 Å². The Balaban J connectivity index is 0. The molecule has 0 heterocycles. The van der Waals surface area contributed by atoms with Gasteiger partial charge in [-0.25, -0.2) is 0 Å². The van der Waals surface area contributed by atoms with E-state index in [1.54, 1.807) is 0 Å². The van der Waals surface area contributed by atoms with E-state index in [4.69, 9.17) is 0 Å². The normalized spacial score (nSPS) is 13.5. The van der Waals surface area contributed by atoms with Crippen LogP contribution in [0.5, 0.6) is 0 Å². The van der Waals surface area contributed by atoms with Gasteiger partial charge in [0.15, 0.2) is 0 Å². The molecule has 0 aliphatic carbocycles. The van der Waals surface area contributed by atoms with E-state index < -0.39 is 15.8 Å². The zero-order valence-electron chi connectivity index (χ0n) is 9.65. The van der Waals surface area contributed by atoms with Crippen LogP contribution < -0.4 is 24.0 Å². The quantitative estimate of drug-likeness (QED) is 0.451. The zero-order valence-corrected chi connectivity index (χ0v) is 13.1. The smallest absolute Gasteiger partial charge is 0.608 e. The summed E-state index contributed by atoms with van der Waals surface area (Å²) in [6.07, 6.45) is 0. The topological polar surface area (TPSA) is 26.1 Å². The van der Waals surface area contributed by atoms with Gasteiger partial charge in [0.05, 0.1) is 9.20 Å². The summed E-state index contributed by atoms with van der Waals surface area (Å²) in [5, 5.41) is 7.88. The van der Waals surface area contributed by atoms with E-state index in [0.29, 0.717) is 0 Å². The molecule has 0 spiro atoms. The van der Waals surface area contributed by atoms with E-state index in [-0.39, 0.29) is 28.1 Å². The van der Waals surface area contributed by atoms with Crippen molar-refractivity contribution < 1.29 is 18.9 Å². The van der Waals surface area contributed by atoms with E-state index in [2.05, 4.69) is 49.5 Å². The molecule has 0 radical (unpaired) electrons. The molecule has 0 saturated heterocycles. The average molecular weight is 212 g/mol. The molecule has 0 saturated carbocycles. The van der Waals surface area contributed by atoms with Crippen LogP contribution >= 0.6 is 0 Å². The first kappa shape index (κ1) is 15.6. The molecule has 1 N–H and O–H groups in total. The van der Waals surface area contributed by atoms with Gasteiger partial charge in [0.1, 0.15) is 0 Å². The van der Waals surface area contributed by atoms with Crippen molar-refractivity contribution in [2.45, 2.75) is 39.3 Å². The largest absolute Gasteiger partial charge is 1.00 e. The van der Waals surface area contributed by atoms with Crippen molar-refractivity contribution in [1.82, 2.24) is 5.09 Å². The second-order valence-electron chi connectivity index (χ2n) is 5.18. The first-order chi connectivity index (χ1) is 4.71. The third kappa shape index (κ3) is 13.7.